The first kappa shape index (κ1) is 16.6. The van der Waals surface area contributed by atoms with Crippen LogP contribution in [-0.4, -0.2) is 49.7 Å². The minimum Gasteiger partial charge on any atom is -0.378 e. The Morgan fingerprint density at radius 3 is 2.77 bits per heavy atom. The van der Waals surface area contributed by atoms with Crippen LogP contribution in [0.25, 0.3) is 0 Å². The minimum atomic E-state index is -0.160. The number of carbonyl (C=O) groups excluding carboxylic acids is 2. The second-order valence-corrected chi connectivity index (χ2v) is 5.45. The summed E-state index contributed by atoms with van der Waals surface area (Å²) in [6, 6.07) is 5.20. The molecular weight excluding hydrogens is 306 g/mol. The number of hydrogen-bond acceptors (Lipinski definition) is 3. The number of rotatable bonds is 4. The summed E-state index contributed by atoms with van der Waals surface area (Å²) in [4.78, 5) is 25.4. The van der Waals surface area contributed by atoms with E-state index in [2.05, 4.69) is 10.6 Å². The maximum atomic E-state index is 11.9. The highest BCUT2D eigenvalue weighted by molar-refractivity contribution is 6.31. The number of amides is 3. The van der Waals surface area contributed by atoms with Gasteiger partial charge in [-0.25, -0.2) is 4.79 Å². The van der Waals surface area contributed by atoms with Crippen LogP contribution >= 0.6 is 11.6 Å². The van der Waals surface area contributed by atoms with E-state index in [1.54, 1.807) is 23.1 Å². The molecular formula is C15H20ClN3O3. The van der Waals surface area contributed by atoms with Crippen LogP contribution in [0.4, 0.5) is 10.5 Å². The summed E-state index contributed by atoms with van der Waals surface area (Å²) in [6.45, 7) is 4.42. The molecule has 2 rings (SSSR count). The highest BCUT2D eigenvalue weighted by Gasteiger charge is 2.16. The molecule has 120 valence electrons. The first-order valence-electron chi connectivity index (χ1n) is 7.23. The summed E-state index contributed by atoms with van der Waals surface area (Å²) in [5.74, 6) is -0.160. The molecule has 0 bridgehead atoms. The second kappa shape index (κ2) is 8.00. The summed E-state index contributed by atoms with van der Waals surface area (Å²) in [5, 5.41) is 6.15. The molecule has 0 aromatic heterocycles. The number of anilines is 1. The Labute approximate surface area is 134 Å². The highest BCUT2D eigenvalue weighted by atomic mass is 35.5. The van der Waals surface area contributed by atoms with Crippen LogP contribution in [0.1, 0.15) is 12.0 Å². The summed E-state index contributed by atoms with van der Waals surface area (Å²) in [7, 11) is 0. The fourth-order valence-corrected chi connectivity index (χ4v) is 2.29. The summed E-state index contributed by atoms with van der Waals surface area (Å²) in [5.41, 5.74) is 1.52. The third kappa shape index (κ3) is 4.61. The monoisotopic (exact) mass is 325 g/mol. The van der Waals surface area contributed by atoms with E-state index in [4.69, 9.17) is 16.3 Å². The standard InChI is InChI=1S/C15H20ClN3O3/c1-11-12(16)3-2-4-13(11)18-14(20)5-6-17-15(21)19-7-9-22-10-8-19/h2-4H,5-10H2,1H3,(H,17,21)(H,18,20). The average molecular weight is 326 g/mol. The molecule has 1 aromatic rings. The first-order valence-corrected chi connectivity index (χ1v) is 7.61. The zero-order chi connectivity index (χ0) is 15.9. The van der Waals surface area contributed by atoms with Crippen LogP contribution in [0.3, 0.4) is 0 Å². The molecule has 1 aliphatic rings. The van der Waals surface area contributed by atoms with Gasteiger partial charge in [0, 0.05) is 36.8 Å². The summed E-state index contributed by atoms with van der Waals surface area (Å²) in [6.07, 6.45) is 0.210. The van der Waals surface area contributed by atoms with Crippen molar-refractivity contribution >= 4 is 29.2 Å². The molecule has 1 heterocycles. The van der Waals surface area contributed by atoms with Gasteiger partial charge in [-0.15, -0.1) is 0 Å². The largest absolute Gasteiger partial charge is 0.378 e. The predicted octanol–water partition coefficient (Wildman–Crippen LogP) is 2.02. The van der Waals surface area contributed by atoms with Crippen LogP contribution in [-0.2, 0) is 9.53 Å². The van der Waals surface area contributed by atoms with E-state index in [-0.39, 0.29) is 18.4 Å². The molecule has 2 N–H and O–H groups in total. The van der Waals surface area contributed by atoms with Crippen LogP contribution in [0, 0.1) is 6.92 Å². The lowest BCUT2D eigenvalue weighted by Gasteiger charge is -2.26. The lowest BCUT2D eigenvalue weighted by molar-refractivity contribution is -0.116. The van der Waals surface area contributed by atoms with Gasteiger partial charge in [-0.1, -0.05) is 17.7 Å². The Balaban J connectivity index is 1.73. The zero-order valence-corrected chi connectivity index (χ0v) is 13.3. The van der Waals surface area contributed by atoms with Crippen molar-refractivity contribution in [3.63, 3.8) is 0 Å². The number of halogens is 1. The molecule has 6 nitrogen and oxygen atoms in total. The maximum Gasteiger partial charge on any atom is 0.317 e. The predicted molar refractivity (Wildman–Crippen MR) is 85.2 cm³/mol. The van der Waals surface area contributed by atoms with Crippen molar-refractivity contribution < 1.29 is 14.3 Å². The number of urea groups is 1. The number of morpholine rings is 1. The Hall–Kier alpha value is -1.79. The lowest BCUT2D eigenvalue weighted by Crippen LogP contribution is -2.46. The molecule has 1 aromatic carbocycles. The lowest BCUT2D eigenvalue weighted by atomic mass is 10.2. The fraction of sp³-hybridized carbons (Fsp3) is 0.467. The number of nitrogens with zero attached hydrogens (tertiary/aromatic N) is 1. The van der Waals surface area contributed by atoms with Crippen LogP contribution in [0.2, 0.25) is 5.02 Å². The summed E-state index contributed by atoms with van der Waals surface area (Å²) >= 11 is 6.01. The van der Waals surface area contributed by atoms with Crippen molar-refractivity contribution in [3.05, 3.63) is 28.8 Å². The number of hydrogen-bond donors (Lipinski definition) is 2. The molecule has 22 heavy (non-hydrogen) atoms. The zero-order valence-electron chi connectivity index (χ0n) is 12.5. The van der Waals surface area contributed by atoms with Gasteiger partial charge in [0.2, 0.25) is 5.91 Å². The van der Waals surface area contributed by atoms with Crippen LogP contribution in [0.15, 0.2) is 18.2 Å². The van der Waals surface area contributed by atoms with Gasteiger partial charge in [-0.2, -0.15) is 0 Å². The molecule has 7 heteroatoms. The van der Waals surface area contributed by atoms with Gasteiger partial charge in [0.25, 0.3) is 0 Å². The van der Waals surface area contributed by atoms with Crippen molar-refractivity contribution in [2.75, 3.05) is 38.2 Å². The van der Waals surface area contributed by atoms with Gasteiger partial charge in [0.05, 0.1) is 13.2 Å². The first-order chi connectivity index (χ1) is 10.6. The smallest absolute Gasteiger partial charge is 0.317 e. The van der Waals surface area contributed by atoms with E-state index >= 15 is 0 Å². The van der Waals surface area contributed by atoms with Gasteiger partial charge in [-0.3, -0.25) is 4.79 Å². The molecule has 3 amide bonds. The van der Waals surface area contributed by atoms with Crippen molar-refractivity contribution in [2.45, 2.75) is 13.3 Å². The molecule has 0 aliphatic carbocycles. The SMILES string of the molecule is Cc1c(Cl)cccc1NC(=O)CCNC(=O)N1CCOCC1. The van der Waals surface area contributed by atoms with Gasteiger partial charge >= 0.3 is 6.03 Å². The molecule has 0 saturated carbocycles. The van der Waals surface area contributed by atoms with Crippen LogP contribution in [0.5, 0.6) is 0 Å². The van der Waals surface area contributed by atoms with E-state index < -0.39 is 0 Å². The number of carbonyl (C=O) groups is 2. The van der Waals surface area contributed by atoms with Crippen molar-refractivity contribution in [1.82, 2.24) is 10.2 Å². The molecule has 1 fully saturated rings. The Kier molecular flexibility index (Phi) is 6.03. The molecule has 0 spiro atoms. The van der Waals surface area contributed by atoms with Gasteiger partial charge < -0.3 is 20.3 Å². The quantitative estimate of drug-likeness (QED) is 0.889. The molecule has 0 unspecified atom stereocenters. The van der Waals surface area contributed by atoms with Gasteiger partial charge in [0.15, 0.2) is 0 Å². The Bertz CT molecular complexity index is 545. The number of benzene rings is 1. The maximum absolute atomic E-state index is 11.9. The molecule has 0 atom stereocenters. The van der Waals surface area contributed by atoms with E-state index in [0.717, 1.165) is 5.56 Å². The van der Waals surface area contributed by atoms with E-state index in [1.165, 1.54) is 0 Å². The number of ether oxygens (including phenoxy) is 1. The summed E-state index contributed by atoms with van der Waals surface area (Å²) < 4.78 is 5.18. The van der Waals surface area contributed by atoms with Crippen molar-refractivity contribution in [2.24, 2.45) is 0 Å². The van der Waals surface area contributed by atoms with E-state index in [9.17, 15) is 9.59 Å². The third-order valence-corrected chi connectivity index (χ3v) is 3.88. The average Bonchev–Trinajstić information content (AvgIpc) is 2.52. The van der Waals surface area contributed by atoms with Crippen LogP contribution < -0.4 is 10.6 Å². The fourth-order valence-electron chi connectivity index (χ4n) is 2.12. The number of nitrogens with one attached hydrogen (secondary N) is 2. The van der Waals surface area contributed by atoms with Crippen molar-refractivity contribution in [1.29, 1.82) is 0 Å². The second-order valence-electron chi connectivity index (χ2n) is 5.04. The molecule has 0 radical (unpaired) electrons. The third-order valence-electron chi connectivity index (χ3n) is 3.47. The topological polar surface area (TPSA) is 70.7 Å². The Morgan fingerprint density at radius 1 is 1.32 bits per heavy atom. The minimum absolute atomic E-state index is 0.157. The highest BCUT2D eigenvalue weighted by Crippen LogP contribution is 2.22. The van der Waals surface area contributed by atoms with E-state index in [0.29, 0.717) is 43.6 Å². The van der Waals surface area contributed by atoms with Gasteiger partial charge in [0.1, 0.15) is 0 Å². The van der Waals surface area contributed by atoms with E-state index in [1.807, 2.05) is 6.92 Å². The van der Waals surface area contributed by atoms with Crippen molar-refractivity contribution in [3.8, 4) is 0 Å². The molecule has 1 saturated heterocycles. The molecule has 1 aliphatic heterocycles. The normalized spacial score (nSPS) is 14.5. The Morgan fingerprint density at radius 2 is 2.05 bits per heavy atom. The van der Waals surface area contributed by atoms with Gasteiger partial charge in [-0.05, 0) is 24.6 Å².